The highest BCUT2D eigenvalue weighted by Crippen LogP contribution is 2.19. The zero-order valence-electron chi connectivity index (χ0n) is 10.7. The van der Waals surface area contributed by atoms with E-state index in [9.17, 15) is 0 Å². The Balaban J connectivity index is 2.03. The van der Waals surface area contributed by atoms with E-state index in [0.717, 1.165) is 31.2 Å². The van der Waals surface area contributed by atoms with Crippen molar-refractivity contribution in [1.29, 1.82) is 0 Å². The van der Waals surface area contributed by atoms with Gasteiger partial charge >= 0.3 is 0 Å². The molecule has 2 nitrogen and oxygen atoms in total. The summed E-state index contributed by atoms with van der Waals surface area (Å²) in [5.74, 6) is 0. The number of benzene rings is 1. The van der Waals surface area contributed by atoms with E-state index >= 15 is 0 Å². The van der Waals surface area contributed by atoms with Gasteiger partial charge in [-0.05, 0) is 50.6 Å². The third-order valence-corrected chi connectivity index (χ3v) is 3.63. The standard InChI is InChI=1S/C14H21ClN2/c1-11-4-5-13(14(15)8-11)10-17-7-3-6-16-12(2)9-17/h4-5,8,12,16H,3,6-7,9-10H2,1-2H3. The van der Waals surface area contributed by atoms with Gasteiger partial charge in [-0.15, -0.1) is 0 Å². The second kappa shape index (κ2) is 5.85. The fraction of sp³-hybridized carbons (Fsp3) is 0.571. The summed E-state index contributed by atoms with van der Waals surface area (Å²) in [6, 6.07) is 6.92. The van der Waals surface area contributed by atoms with Crippen LogP contribution in [-0.4, -0.2) is 30.6 Å². The minimum absolute atomic E-state index is 0.571. The molecule has 0 amide bonds. The van der Waals surface area contributed by atoms with E-state index in [1.165, 1.54) is 17.5 Å². The lowest BCUT2D eigenvalue weighted by Crippen LogP contribution is -2.35. The van der Waals surface area contributed by atoms with Gasteiger partial charge in [0.05, 0.1) is 0 Å². The van der Waals surface area contributed by atoms with E-state index in [2.05, 4.69) is 42.3 Å². The molecule has 1 N–H and O–H groups in total. The smallest absolute Gasteiger partial charge is 0.0453 e. The molecule has 0 radical (unpaired) electrons. The summed E-state index contributed by atoms with van der Waals surface area (Å²) in [6.07, 6.45) is 1.22. The highest BCUT2D eigenvalue weighted by molar-refractivity contribution is 6.31. The third kappa shape index (κ3) is 3.70. The van der Waals surface area contributed by atoms with Crippen LogP contribution in [0.5, 0.6) is 0 Å². The molecule has 0 aliphatic carbocycles. The maximum absolute atomic E-state index is 6.28. The predicted octanol–water partition coefficient (Wildman–Crippen LogP) is 2.83. The van der Waals surface area contributed by atoms with Gasteiger partial charge in [0.25, 0.3) is 0 Å². The van der Waals surface area contributed by atoms with Crippen LogP contribution in [0.15, 0.2) is 18.2 Å². The van der Waals surface area contributed by atoms with Crippen LogP contribution in [0.1, 0.15) is 24.5 Å². The molecular weight excluding hydrogens is 232 g/mol. The molecule has 1 heterocycles. The summed E-state index contributed by atoms with van der Waals surface area (Å²) in [6.45, 7) is 8.67. The van der Waals surface area contributed by atoms with Crippen LogP contribution in [0.4, 0.5) is 0 Å². The predicted molar refractivity (Wildman–Crippen MR) is 73.5 cm³/mol. The van der Waals surface area contributed by atoms with E-state index in [4.69, 9.17) is 11.6 Å². The molecule has 1 atom stereocenters. The first kappa shape index (κ1) is 12.9. The van der Waals surface area contributed by atoms with Crippen LogP contribution in [-0.2, 0) is 6.54 Å². The first-order chi connectivity index (χ1) is 8.15. The minimum atomic E-state index is 0.571. The SMILES string of the molecule is Cc1ccc(CN2CCCNC(C)C2)c(Cl)c1. The summed E-state index contributed by atoms with van der Waals surface area (Å²) in [5.41, 5.74) is 2.47. The number of nitrogens with one attached hydrogen (secondary N) is 1. The van der Waals surface area contributed by atoms with Crippen molar-refractivity contribution in [2.75, 3.05) is 19.6 Å². The molecule has 1 aromatic carbocycles. The third-order valence-electron chi connectivity index (χ3n) is 3.28. The fourth-order valence-electron chi connectivity index (χ4n) is 2.36. The second-order valence-corrected chi connectivity index (χ2v) is 5.45. The van der Waals surface area contributed by atoms with Crippen LogP contribution >= 0.6 is 11.6 Å². The average molecular weight is 253 g/mol. The molecule has 0 saturated carbocycles. The van der Waals surface area contributed by atoms with E-state index in [1.807, 2.05) is 0 Å². The summed E-state index contributed by atoms with van der Waals surface area (Å²) in [5, 5.41) is 4.41. The van der Waals surface area contributed by atoms with Crippen molar-refractivity contribution in [2.45, 2.75) is 32.9 Å². The molecule has 1 aromatic rings. The molecule has 1 fully saturated rings. The Hall–Kier alpha value is -0.570. The summed E-state index contributed by atoms with van der Waals surface area (Å²) < 4.78 is 0. The highest BCUT2D eigenvalue weighted by atomic mass is 35.5. The van der Waals surface area contributed by atoms with E-state index < -0.39 is 0 Å². The van der Waals surface area contributed by atoms with E-state index in [0.29, 0.717) is 6.04 Å². The molecule has 1 saturated heterocycles. The van der Waals surface area contributed by atoms with E-state index in [-0.39, 0.29) is 0 Å². The molecule has 0 aromatic heterocycles. The van der Waals surface area contributed by atoms with Crippen molar-refractivity contribution >= 4 is 11.6 Å². The Morgan fingerprint density at radius 2 is 2.29 bits per heavy atom. The van der Waals surface area contributed by atoms with Crippen molar-refractivity contribution in [3.8, 4) is 0 Å². The number of hydrogen-bond donors (Lipinski definition) is 1. The van der Waals surface area contributed by atoms with Gasteiger partial charge in [-0.1, -0.05) is 23.7 Å². The molecule has 0 bridgehead atoms. The van der Waals surface area contributed by atoms with Crippen molar-refractivity contribution in [3.05, 3.63) is 34.3 Å². The van der Waals surface area contributed by atoms with Gasteiger partial charge in [0, 0.05) is 24.2 Å². The largest absolute Gasteiger partial charge is 0.313 e. The number of nitrogens with zero attached hydrogens (tertiary/aromatic N) is 1. The Morgan fingerprint density at radius 1 is 1.47 bits per heavy atom. The molecule has 3 heteroatoms. The van der Waals surface area contributed by atoms with Crippen LogP contribution in [0, 0.1) is 6.92 Å². The van der Waals surface area contributed by atoms with Crippen LogP contribution < -0.4 is 5.32 Å². The first-order valence-corrected chi connectivity index (χ1v) is 6.74. The second-order valence-electron chi connectivity index (χ2n) is 5.04. The maximum atomic E-state index is 6.28. The van der Waals surface area contributed by atoms with Crippen molar-refractivity contribution in [1.82, 2.24) is 10.2 Å². The highest BCUT2D eigenvalue weighted by Gasteiger charge is 2.15. The summed E-state index contributed by atoms with van der Waals surface area (Å²) >= 11 is 6.28. The maximum Gasteiger partial charge on any atom is 0.0453 e. The van der Waals surface area contributed by atoms with E-state index in [1.54, 1.807) is 0 Å². The molecule has 17 heavy (non-hydrogen) atoms. The quantitative estimate of drug-likeness (QED) is 0.871. The van der Waals surface area contributed by atoms with Gasteiger partial charge in [0.1, 0.15) is 0 Å². The number of hydrogen-bond acceptors (Lipinski definition) is 2. The molecule has 0 spiro atoms. The van der Waals surface area contributed by atoms with Crippen molar-refractivity contribution in [3.63, 3.8) is 0 Å². The number of rotatable bonds is 2. The molecule has 1 unspecified atom stereocenters. The summed E-state index contributed by atoms with van der Waals surface area (Å²) in [7, 11) is 0. The fourth-order valence-corrected chi connectivity index (χ4v) is 2.65. The van der Waals surface area contributed by atoms with Gasteiger partial charge in [-0.25, -0.2) is 0 Å². The van der Waals surface area contributed by atoms with Gasteiger partial charge in [0.2, 0.25) is 0 Å². The van der Waals surface area contributed by atoms with Gasteiger partial charge < -0.3 is 5.32 Å². The Morgan fingerprint density at radius 3 is 3.06 bits per heavy atom. The van der Waals surface area contributed by atoms with Crippen LogP contribution in [0.2, 0.25) is 5.02 Å². The van der Waals surface area contributed by atoms with Gasteiger partial charge in [-0.3, -0.25) is 4.90 Å². The molecule has 1 aliphatic heterocycles. The molecular formula is C14H21ClN2. The lowest BCUT2D eigenvalue weighted by atomic mass is 10.1. The van der Waals surface area contributed by atoms with Crippen LogP contribution in [0.3, 0.4) is 0 Å². The van der Waals surface area contributed by atoms with Crippen LogP contribution in [0.25, 0.3) is 0 Å². The number of halogens is 1. The minimum Gasteiger partial charge on any atom is -0.313 e. The molecule has 1 aliphatic rings. The topological polar surface area (TPSA) is 15.3 Å². The van der Waals surface area contributed by atoms with Crippen molar-refractivity contribution < 1.29 is 0 Å². The van der Waals surface area contributed by atoms with Gasteiger partial charge in [-0.2, -0.15) is 0 Å². The first-order valence-electron chi connectivity index (χ1n) is 6.36. The van der Waals surface area contributed by atoms with Crippen molar-refractivity contribution in [2.24, 2.45) is 0 Å². The number of aryl methyl sites for hydroxylation is 1. The average Bonchev–Trinajstić information content (AvgIpc) is 2.47. The molecule has 94 valence electrons. The van der Waals surface area contributed by atoms with Gasteiger partial charge in [0.15, 0.2) is 0 Å². The lowest BCUT2D eigenvalue weighted by Gasteiger charge is -2.22. The lowest BCUT2D eigenvalue weighted by molar-refractivity contribution is 0.265. The zero-order chi connectivity index (χ0) is 12.3. The monoisotopic (exact) mass is 252 g/mol. The summed E-state index contributed by atoms with van der Waals surface area (Å²) in [4.78, 5) is 2.49. The molecule has 2 rings (SSSR count). The zero-order valence-corrected chi connectivity index (χ0v) is 11.4. The normalized spacial score (nSPS) is 22.4. The Bertz CT molecular complexity index is 378. The Kier molecular flexibility index (Phi) is 4.43. The Labute approximate surface area is 109 Å².